The molecule has 0 spiro atoms. The second-order valence-electron chi connectivity index (χ2n) is 3.43. The van der Waals surface area contributed by atoms with Gasteiger partial charge in [-0.25, -0.2) is 4.79 Å². The van der Waals surface area contributed by atoms with Gasteiger partial charge in [0, 0.05) is 6.20 Å². The molecule has 2 aromatic heterocycles. The minimum absolute atomic E-state index is 0.0899. The van der Waals surface area contributed by atoms with Gasteiger partial charge in [0.15, 0.2) is 0 Å². The Hall–Kier alpha value is -2.94. The highest BCUT2D eigenvalue weighted by Crippen LogP contribution is 2.18. The Balaban J connectivity index is 2.76. The second kappa shape index (κ2) is 4.51. The predicted molar refractivity (Wildman–Crippen MR) is 62.0 cm³/mol. The molecule has 2 heterocycles. The van der Waals surface area contributed by atoms with E-state index in [0.29, 0.717) is 5.69 Å². The van der Waals surface area contributed by atoms with Crippen molar-refractivity contribution >= 4 is 5.97 Å². The number of aromatic nitrogens is 2. The molecule has 18 heavy (non-hydrogen) atoms. The first-order chi connectivity index (χ1) is 8.63. The Morgan fingerprint density at radius 2 is 2.22 bits per heavy atom. The number of hydrogen-bond donors (Lipinski definition) is 2. The van der Waals surface area contributed by atoms with Crippen molar-refractivity contribution in [2.45, 2.75) is 0 Å². The van der Waals surface area contributed by atoms with Crippen molar-refractivity contribution in [2.75, 3.05) is 0 Å². The molecular weight excluding hydrogens is 234 g/mol. The predicted octanol–water partition coefficient (Wildman–Crippen LogP) is 1.01. The van der Waals surface area contributed by atoms with Gasteiger partial charge in [-0.2, -0.15) is 5.26 Å². The number of carboxylic acid groups (broad SMARTS) is 1. The molecule has 0 amide bonds. The summed E-state index contributed by atoms with van der Waals surface area (Å²) in [5, 5.41) is 17.8. The van der Waals surface area contributed by atoms with Gasteiger partial charge in [-0.3, -0.25) is 9.78 Å². The summed E-state index contributed by atoms with van der Waals surface area (Å²) in [5.41, 5.74) is -0.622. The summed E-state index contributed by atoms with van der Waals surface area (Å²) >= 11 is 0. The third kappa shape index (κ3) is 1.97. The van der Waals surface area contributed by atoms with Crippen molar-refractivity contribution in [3.63, 3.8) is 0 Å². The van der Waals surface area contributed by atoms with Gasteiger partial charge in [0.25, 0.3) is 5.56 Å². The summed E-state index contributed by atoms with van der Waals surface area (Å²) in [6, 6.07) is 7.61. The number of nitriles is 1. The normalized spacial score (nSPS) is 9.72. The number of hydrogen-bond acceptors (Lipinski definition) is 4. The SMILES string of the molecule is N#Cc1cc(C(=O)O)c(-c2ccccn2)[nH]c1=O. The average Bonchev–Trinajstić information content (AvgIpc) is 2.39. The first kappa shape index (κ1) is 11.5. The van der Waals surface area contributed by atoms with Crippen LogP contribution < -0.4 is 5.56 Å². The third-order valence-corrected chi connectivity index (χ3v) is 2.31. The van der Waals surface area contributed by atoms with Gasteiger partial charge in [-0.1, -0.05) is 6.07 Å². The summed E-state index contributed by atoms with van der Waals surface area (Å²) in [6.07, 6.45) is 1.48. The number of carboxylic acids is 1. The van der Waals surface area contributed by atoms with Crippen molar-refractivity contribution in [1.29, 1.82) is 5.26 Å². The van der Waals surface area contributed by atoms with Gasteiger partial charge < -0.3 is 10.1 Å². The maximum Gasteiger partial charge on any atom is 0.337 e. The standard InChI is InChI=1S/C12H7N3O3/c13-6-7-5-8(12(17)18)10(15-11(7)16)9-3-1-2-4-14-9/h1-5H,(H,15,16)(H,17,18). The Morgan fingerprint density at radius 3 is 2.78 bits per heavy atom. The summed E-state index contributed by atoms with van der Waals surface area (Å²) in [4.78, 5) is 29.0. The van der Waals surface area contributed by atoms with E-state index in [1.54, 1.807) is 24.3 Å². The van der Waals surface area contributed by atoms with Crippen LogP contribution in [0.1, 0.15) is 15.9 Å². The molecule has 0 unspecified atom stereocenters. The van der Waals surface area contributed by atoms with E-state index in [4.69, 9.17) is 10.4 Å². The van der Waals surface area contributed by atoms with E-state index in [-0.39, 0.29) is 16.8 Å². The van der Waals surface area contributed by atoms with E-state index in [2.05, 4.69) is 9.97 Å². The fourth-order valence-corrected chi connectivity index (χ4v) is 1.49. The highest BCUT2D eigenvalue weighted by molar-refractivity contribution is 5.94. The van der Waals surface area contributed by atoms with Gasteiger partial charge in [-0.05, 0) is 18.2 Å². The summed E-state index contributed by atoms with van der Waals surface area (Å²) in [5.74, 6) is -1.23. The minimum atomic E-state index is -1.23. The average molecular weight is 241 g/mol. The van der Waals surface area contributed by atoms with E-state index >= 15 is 0 Å². The fourth-order valence-electron chi connectivity index (χ4n) is 1.49. The zero-order chi connectivity index (χ0) is 13.1. The Kier molecular flexibility index (Phi) is 2.89. The smallest absolute Gasteiger partial charge is 0.337 e. The number of aromatic amines is 1. The van der Waals surface area contributed by atoms with E-state index in [0.717, 1.165) is 6.07 Å². The second-order valence-corrected chi connectivity index (χ2v) is 3.43. The molecule has 0 aromatic carbocycles. The molecule has 0 saturated heterocycles. The molecule has 0 fully saturated rings. The van der Waals surface area contributed by atoms with Crippen LogP contribution in [0.4, 0.5) is 0 Å². The van der Waals surface area contributed by atoms with Gasteiger partial charge in [0.2, 0.25) is 0 Å². The summed E-state index contributed by atoms with van der Waals surface area (Å²) < 4.78 is 0. The topological polar surface area (TPSA) is 107 Å². The molecule has 2 N–H and O–H groups in total. The monoisotopic (exact) mass is 241 g/mol. The van der Waals surface area contributed by atoms with Crippen LogP contribution in [0.15, 0.2) is 35.3 Å². The third-order valence-electron chi connectivity index (χ3n) is 2.31. The molecule has 0 radical (unpaired) electrons. The maximum atomic E-state index is 11.5. The molecule has 0 atom stereocenters. The van der Waals surface area contributed by atoms with Crippen LogP contribution >= 0.6 is 0 Å². The Morgan fingerprint density at radius 1 is 1.44 bits per heavy atom. The van der Waals surface area contributed by atoms with Crippen LogP contribution in [0.5, 0.6) is 0 Å². The summed E-state index contributed by atoms with van der Waals surface area (Å²) in [6.45, 7) is 0. The van der Waals surface area contributed by atoms with Gasteiger partial charge in [0.05, 0.1) is 17.0 Å². The van der Waals surface area contributed by atoms with Crippen molar-refractivity contribution in [1.82, 2.24) is 9.97 Å². The van der Waals surface area contributed by atoms with E-state index < -0.39 is 11.5 Å². The minimum Gasteiger partial charge on any atom is -0.478 e. The number of nitrogens with one attached hydrogen (secondary N) is 1. The van der Waals surface area contributed by atoms with Gasteiger partial charge >= 0.3 is 5.97 Å². The van der Waals surface area contributed by atoms with Gasteiger partial charge in [0.1, 0.15) is 11.6 Å². The highest BCUT2D eigenvalue weighted by atomic mass is 16.4. The number of pyridine rings is 2. The van der Waals surface area contributed by atoms with Crippen molar-refractivity contribution in [2.24, 2.45) is 0 Å². The zero-order valence-electron chi connectivity index (χ0n) is 9.04. The van der Waals surface area contributed by atoms with Crippen LogP contribution in [0, 0.1) is 11.3 Å². The van der Waals surface area contributed by atoms with E-state index in [1.165, 1.54) is 6.20 Å². The fraction of sp³-hybridized carbons (Fsp3) is 0. The molecule has 6 nitrogen and oxygen atoms in total. The zero-order valence-corrected chi connectivity index (χ0v) is 9.04. The number of aromatic carboxylic acids is 1. The molecule has 2 rings (SSSR count). The van der Waals surface area contributed by atoms with Crippen LogP contribution in [0.2, 0.25) is 0 Å². The lowest BCUT2D eigenvalue weighted by molar-refractivity contribution is 0.0697. The van der Waals surface area contributed by atoms with Crippen molar-refractivity contribution < 1.29 is 9.90 Å². The first-order valence-corrected chi connectivity index (χ1v) is 4.95. The molecule has 88 valence electrons. The first-order valence-electron chi connectivity index (χ1n) is 4.95. The largest absolute Gasteiger partial charge is 0.478 e. The Labute approximate surface area is 101 Å². The lowest BCUT2D eigenvalue weighted by atomic mass is 10.1. The molecule has 0 aliphatic carbocycles. The number of rotatable bonds is 2. The highest BCUT2D eigenvalue weighted by Gasteiger charge is 2.16. The number of carbonyl (C=O) groups is 1. The molecular formula is C12H7N3O3. The number of nitrogens with zero attached hydrogens (tertiary/aromatic N) is 2. The molecule has 0 aliphatic heterocycles. The van der Waals surface area contributed by atoms with E-state index in [1.807, 2.05) is 0 Å². The van der Waals surface area contributed by atoms with Crippen LogP contribution in [-0.4, -0.2) is 21.0 Å². The molecule has 0 aliphatic rings. The lowest BCUT2D eigenvalue weighted by Crippen LogP contribution is -2.15. The molecule has 2 aromatic rings. The Bertz CT molecular complexity index is 699. The lowest BCUT2D eigenvalue weighted by Gasteiger charge is -2.05. The molecule has 0 saturated carbocycles. The van der Waals surface area contributed by atoms with Crippen LogP contribution in [-0.2, 0) is 0 Å². The van der Waals surface area contributed by atoms with Crippen LogP contribution in [0.3, 0.4) is 0 Å². The van der Waals surface area contributed by atoms with Crippen LogP contribution in [0.25, 0.3) is 11.4 Å². The quantitative estimate of drug-likeness (QED) is 0.815. The van der Waals surface area contributed by atoms with E-state index in [9.17, 15) is 9.59 Å². The molecule has 6 heteroatoms. The summed E-state index contributed by atoms with van der Waals surface area (Å²) in [7, 11) is 0. The van der Waals surface area contributed by atoms with Crippen molar-refractivity contribution in [3.05, 3.63) is 51.9 Å². The molecule has 0 bridgehead atoms. The van der Waals surface area contributed by atoms with Crippen molar-refractivity contribution in [3.8, 4) is 17.5 Å². The maximum absolute atomic E-state index is 11.5. The van der Waals surface area contributed by atoms with Gasteiger partial charge in [-0.15, -0.1) is 0 Å². The number of H-pyrrole nitrogens is 1.